The summed E-state index contributed by atoms with van der Waals surface area (Å²) >= 11 is 1.70. The number of thiazole rings is 1. The lowest BCUT2D eigenvalue weighted by atomic mass is 9.94. The number of aromatic nitrogens is 2. The zero-order valence-electron chi connectivity index (χ0n) is 23.4. The summed E-state index contributed by atoms with van der Waals surface area (Å²) < 4.78 is 10.6. The number of pyridine rings is 1. The molecule has 4 aromatic rings. The smallest absolute Gasteiger partial charge is 0.339 e. The van der Waals surface area contributed by atoms with E-state index in [1.807, 2.05) is 12.1 Å². The van der Waals surface area contributed by atoms with E-state index in [1.165, 1.54) is 37.4 Å². The summed E-state index contributed by atoms with van der Waals surface area (Å²) in [5.74, 6) is 0.707. The lowest BCUT2D eigenvalue weighted by Gasteiger charge is -2.28. The monoisotopic (exact) mass is 543 g/mol. The normalized spacial score (nSPS) is 11.2. The molecule has 0 aliphatic rings. The summed E-state index contributed by atoms with van der Waals surface area (Å²) in [5.41, 5.74) is 6.07. The van der Waals surface area contributed by atoms with Gasteiger partial charge >= 0.3 is 5.97 Å². The summed E-state index contributed by atoms with van der Waals surface area (Å²) in [6, 6.07) is 19.3. The van der Waals surface area contributed by atoms with Crippen LogP contribution in [0.25, 0.3) is 11.3 Å². The van der Waals surface area contributed by atoms with E-state index < -0.39 is 5.97 Å². The second kappa shape index (κ2) is 13.4. The van der Waals surface area contributed by atoms with E-state index in [1.54, 1.807) is 23.6 Å². The number of ether oxygens (including phenoxy) is 2. The van der Waals surface area contributed by atoms with E-state index in [4.69, 9.17) is 14.5 Å². The third-order valence-corrected chi connectivity index (χ3v) is 7.79. The van der Waals surface area contributed by atoms with E-state index in [0.29, 0.717) is 29.9 Å². The molecule has 0 saturated carbocycles. The molecular formula is C32H37N3O3S. The third-order valence-electron chi connectivity index (χ3n) is 6.95. The summed E-state index contributed by atoms with van der Waals surface area (Å²) in [7, 11) is 1.34. The van der Waals surface area contributed by atoms with Crippen LogP contribution < -0.4 is 9.64 Å². The molecule has 0 atom stereocenters. The molecule has 0 spiro atoms. The summed E-state index contributed by atoms with van der Waals surface area (Å²) in [6.45, 7) is 10.1. The maximum atomic E-state index is 11.7. The topological polar surface area (TPSA) is 64.5 Å². The van der Waals surface area contributed by atoms with Crippen molar-refractivity contribution in [2.75, 3.05) is 12.0 Å². The van der Waals surface area contributed by atoms with Crippen molar-refractivity contribution in [2.45, 2.75) is 65.6 Å². The largest absolute Gasteiger partial charge is 0.487 e. The van der Waals surface area contributed by atoms with E-state index in [2.05, 4.69) is 79.4 Å². The van der Waals surface area contributed by atoms with E-state index in [0.717, 1.165) is 28.4 Å². The minimum absolute atomic E-state index is 0.360. The van der Waals surface area contributed by atoms with E-state index >= 15 is 0 Å². The standard InChI is InChI=1S/C32H37N3O3S/c1-6-24(7-2)25-12-14-28(15-13-25)35(22(3)4)19-31-34-30(21-39-31)26-10-8-23(9-11-26)20-38-29-16-27(17-33-18-29)32(36)37-5/h8-18,21-22,24H,6-7,19-20H2,1-5H3. The molecule has 0 unspecified atom stereocenters. The van der Waals surface area contributed by atoms with Crippen molar-refractivity contribution in [2.24, 2.45) is 0 Å². The minimum atomic E-state index is -0.438. The molecule has 39 heavy (non-hydrogen) atoms. The third kappa shape index (κ3) is 7.24. The molecule has 0 N–H and O–H groups in total. The van der Waals surface area contributed by atoms with Crippen LogP contribution in [0.2, 0.25) is 0 Å². The molecule has 0 saturated heterocycles. The maximum Gasteiger partial charge on any atom is 0.339 e. The summed E-state index contributed by atoms with van der Waals surface area (Å²) in [4.78, 5) is 23.1. The van der Waals surface area contributed by atoms with Crippen LogP contribution in [0.5, 0.6) is 5.75 Å². The van der Waals surface area contributed by atoms with Crippen LogP contribution in [0.4, 0.5) is 5.69 Å². The van der Waals surface area contributed by atoms with Gasteiger partial charge in [0.25, 0.3) is 0 Å². The van der Waals surface area contributed by atoms with Gasteiger partial charge in [0, 0.05) is 28.9 Å². The van der Waals surface area contributed by atoms with Gasteiger partial charge in [-0.15, -0.1) is 11.3 Å². The van der Waals surface area contributed by atoms with Gasteiger partial charge in [-0.05, 0) is 61.9 Å². The van der Waals surface area contributed by atoms with Crippen molar-refractivity contribution in [1.82, 2.24) is 9.97 Å². The number of esters is 1. The van der Waals surface area contributed by atoms with Gasteiger partial charge < -0.3 is 14.4 Å². The van der Waals surface area contributed by atoms with Crippen LogP contribution in [0.1, 0.15) is 72.9 Å². The van der Waals surface area contributed by atoms with Crippen molar-refractivity contribution in [3.8, 4) is 17.0 Å². The molecule has 2 aromatic heterocycles. The number of carbonyl (C=O) groups excluding carboxylic acids is 1. The fraction of sp³-hybridized carbons (Fsp3) is 0.344. The number of benzene rings is 2. The van der Waals surface area contributed by atoms with Crippen LogP contribution in [-0.4, -0.2) is 29.1 Å². The molecule has 2 aromatic carbocycles. The van der Waals surface area contributed by atoms with Crippen LogP contribution >= 0.6 is 11.3 Å². The molecule has 0 bridgehead atoms. The average molecular weight is 544 g/mol. The molecule has 204 valence electrons. The van der Waals surface area contributed by atoms with E-state index in [9.17, 15) is 4.79 Å². The highest BCUT2D eigenvalue weighted by Crippen LogP contribution is 2.29. The first-order chi connectivity index (χ1) is 18.9. The van der Waals surface area contributed by atoms with Crippen molar-refractivity contribution in [1.29, 1.82) is 0 Å². The van der Waals surface area contributed by atoms with Gasteiger partial charge in [0.15, 0.2) is 0 Å². The molecule has 0 amide bonds. The molecule has 0 fully saturated rings. The Morgan fingerprint density at radius 3 is 2.36 bits per heavy atom. The Morgan fingerprint density at radius 2 is 1.72 bits per heavy atom. The van der Waals surface area contributed by atoms with E-state index in [-0.39, 0.29) is 0 Å². The summed E-state index contributed by atoms with van der Waals surface area (Å²) in [6.07, 6.45) is 5.38. The van der Waals surface area contributed by atoms with Gasteiger partial charge in [-0.2, -0.15) is 0 Å². The predicted octanol–water partition coefficient (Wildman–Crippen LogP) is 7.89. The number of nitrogens with zero attached hydrogens (tertiary/aromatic N) is 3. The Bertz CT molecular complexity index is 1350. The SMILES string of the molecule is CCC(CC)c1ccc(N(Cc2nc(-c3ccc(COc4cncc(C(=O)OC)c4)cc3)cs2)C(C)C)cc1. The van der Waals surface area contributed by atoms with Crippen LogP contribution in [-0.2, 0) is 17.9 Å². The van der Waals surface area contributed by atoms with Gasteiger partial charge in [0.2, 0.25) is 0 Å². The highest BCUT2D eigenvalue weighted by molar-refractivity contribution is 7.10. The number of rotatable bonds is 12. The number of methoxy groups -OCH3 is 1. The average Bonchev–Trinajstić information content (AvgIpc) is 3.44. The minimum Gasteiger partial charge on any atom is -0.487 e. The lowest BCUT2D eigenvalue weighted by Crippen LogP contribution is -2.30. The molecule has 2 heterocycles. The first-order valence-corrected chi connectivity index (χ1v) is 14.4. The Hall–Kier alpha value is -3.71. The molecule has 7 heteroatoms. The quantitative estimate of drug-likeness (QED) is 0.169. The van der Waals surface area contributed by atoms with Crippen molar-refractivity contribution in [3.05, 3.63) is 94.1 Å². The predicted molar refractivity (Wildman–Crippen MR) is 159 cm³/mol. The Kier molecular flexibility index (Phi) is 9.71. The first kappa shape index (κ1) is 28.3. The van der Waals surface area contributed by atoms with Gasteiger partial charge in [0.05, 0.1) is 31.1 Å². The zero-order valence-corrected chi connectivity index (χ0v) is 24.2. The highest BCUT2D eigenvalue weighted by Gasteiger charge is 2.15. The molecule has 6 nitrogen and oxygen atoms in total. The Morgan fingerprint density at radius 1 is 1.00 bits per heavy atom. The number of hydrogen-bond acceptors (Lipinski definition) is 7. The van der Waals surface area contributed by atoms with Crippen LogP contribution in [0.3, 0.4) is 0 Å². The van der Waals surface area contributed by atoms with Gasteiger partial charge in [-0.25, -0.2) is 9.78 Å². The van der Waals surface area contributed by atoms with Crippen molar-refractivity contribution in [3.63, 3.8) is 0 Å². The highest BCUT2D eigenvalue weighted by atomic mass is 32.1. The number of anilines is 1. The molecule has 0 aliphatic carbocycles. The van der Waals surface area contributed by atoms with Crippen LogP contribution in [0.15, 0.2) is 72.4 Å². The lowest BCUT2D eigenvalue weighted by molar-refractivity contribution is 0.0599. The Balaban J connectivity index is 1.39. The first-order valence-electron chi connectivity index (χ1n) is 13.5. The number of carbonyl (C=O) groups is 1. The Labute approximate surface area is 235 Å². The molecule has 0 aliphatic heterocycles. The molecule has 0 radical (unpaired) electrons. The second-order valence-electron chi connectivity index (χ2n) is 9.84. The fourth-order valence-corrected chi connectivity index (χ4v) is 5.40. The molecule has 4 rings (SSSR count). The van der Waals surface area contributed by atoms with Crippen molar-refractivity contribution < 1.29 is 14.3 Å². The van der Waals surface area contributed by atoms with Gasteiger partial charge in [0.1, 0.15) is 17.4 Å². The number of hydrogen-bond donors (Lipinski definition) is 0. The zero-order chi connectivity index (χ0) is 27.8. The second-order valence-corrected chi connectivity index (χ2v) is 10.8. The van der Waals surface area contributed by atoms with Crippen LogP contribution in [0, 0.1) is 0 Å². The maximum absolute atomic E-state index is 11.7. The van der Waals surface area contributed by atoms with Gasteiger partial charge in [-0.1, -0.05) is 50.2 Å². The summed E-state index contributed by atoms with van der Waals surface area (Å²) in [5, 5.41) is 3.22. The van der Waals surface area contributed by atoms with Gasteiger partial charge in [-0.3, -0.25) is 4.98 Å². The molecular weight excluding hydrogens is 506 g/mol. The van der Waals surface area contributed by atoms with Crippen molar-refractivity contribution >= 4 is 23.0 Å². The fourth-order valence-electron chi connectivity index (χ4n) is 4.60.